The van der Waals surface area contributed by atoms with E-state index in [1.807, 2.05) is 0 Å². The molecule has 2 heterocycles. The first-order chi connectivity index (χ1) is 18.0. The maximum Gasteiger partial charge on any atom is 0.413 e. The number of rotatable bonds is 6. The van der Waals surface area contributed by atoms with Crippen LogP contribution in [0.4, 0.5) is 30.5 Å². The summed E-state index contributed by atoms with van der Waals surface area (Å²) in [4.78, 5) is 45.2. The van der Waals surface area contributed by atoms with Crippen molar-refractivity contribution < 1.29 is 28.2 Å². The molecule has 0 atom stereocenters. The number of nitrogens with zero attached hydrogens (tertiary/aromatic N) is 3. The zero-order valence-electron chi connectivity index (χ0n) is 21.0. The van der Waals surface area contributed by atoms with E-state index in [0.29, 0.717) is 29.5 Å². The van der Waals surface area contributed by atoms with Gasteiger partial charge in [-0.1, -0.05) is 22.9 Å². The zero-order chi connectivity index (χ0) is 27.4. The first-order valence-corrected chi connectivity index (χ1v) is 13.0. The fraction of sp³-hybridized carbons (Fsp3) is 0.360. The largest absolute Gasteiger partial charge is 0.444 e. The number of carbonyl (C=O) groups is 3. The van der Waals surface area contributed by atoms with Crippen LogP contribution in [-0.2, 0) is 14.3 Å². The Morgan fingerprint density at radius 3 is 2.74 bits per heavy atom. The van der Waals surface area contributed by atoms with Gasteiger partial charge in [0.1, 0.15) is 18.0 Å². The van der Waals surface area contributed by atoms with Crippen LogP contribution in [-0.4, -0.2) is 66.4 Å². The molecule has 1 fully saturated rings. The Bertz CT molecular complexity index is 1360. The molecule has 1 aliphatic rings. The molecule has 3 aromatic rings. The molecule has 0 bridgehead atoms. The quantitative estimate of drug-likeness (QED) is 0.419. The van der Waals surface area contributed by atoms with Crippen molar-refractivity contribution in [3.8, 4) is 0 Å². The Morgan fingerprint density at radius 2 is 2.03 bits per heavy atom. The molecule has 0 saturated carbocycles. The van der Waals surface area contributed by atoms with Crippen molar-refractivity contribution in [2.24, 2.45) is 0 Å². The normalized spacial score (nSPS) is 13.9. The van der Waals surface area contributed by atoms with Crippen molar-refractivity contribution in [3.05, 3.63) is 47.2 Å². The number of amides is 4. The van der Waals surface area contributed by atoms with Gasteiger partial charge in [0.15, 0.2) is 5.13 Å². The smallest absolute Gasteiger partial charge is 0.413 e. The van der Waals surface area contributed by atoms with Crippen molar-refractivity contribution in [1.82, 2.24) is 9.88 Å². The Hall–Kier alpha value is -3.48. The van der Waals surface area contributed by atoms with E-state index in [-0.39, 0.29) is 36.3 Å². The number of nitrogens with one attached hydrogen (secondary N) is 2. The lowest BCUT2D eigenvalue weighted by molar-refractivity contribution is -0.142. The van der Waals surface area contributed by atoms with Crippen LogP contribution in [0.1, 0.15) is 20.8 Å². The summed E-state index contributed by atoms with van der Waals surface area (Å²) in [5.74, 6) is -0.826. The standard InChI is InChI=1S/C25H27ClFN5O5S/c1-25(2,3)37-24(35)30-22-29-19-13-16(5-7-20(19)38-22)32(9-8-31-10-11-36-14-21(31)33)23(34)28-15-4-6-17(26)18(27)12-15/h4-7,12-13H,8-11,14H2,1-3H3,(H,28,34)(H,29,30,35). The van der Waals surface area contributed by atoms with Crippen molar-refractivity contribution >= 4 is 67.7 Å². The first-order valence-electron chi connectivity index (χ1n) is 11.8. The molecule has 10 nitrogen and oxygen atoms in total. The van der Waals surface area contributed by atoms with Crippen LogP contribution in [0, 0.1) is 5.82 Å². The zero-order valence-corrected chi connectivity index (χ0v) is 22.6. The minimum absolute atomic E-state index is 0.00550. The molecule has 0 aliphatic carbocycles. The van der Waals surface area contributed by atoms with Crippen LogP contribution in [0.15, 0.2) is 36.4 Å². The van der Waals surface area contributed by atoms with Crippen LogP contribution < -0.4 is 15.5 Å². The molecule has 13 heteroatoms. The van der Waals surface area contributed by atoms with Gasteiger partial charge in [0, 0.05) is 31.0 Å². The maximum atomic E-state index is 13.9. The second-order valence-electron chi connectivity index (χ2n) is 9.44. The summed E-state index contributed by atoms with van der Waals surface area (Å²) < 4.78 is 25.2. The van der Waals surface area contributed by atoms with Crippen molar-refractivity contribution in [2.75, 3.05) is 48.4 Å². The fourth-order valence-corrected chi connectivity index (χ4v) is 4.60. The Kier molecular flexibility index (Phi) is 8.34. The van der Waals surface area contributed by atoms with Gasteiger partial charge in [-0.2, -0.15) is 0 Å². The highest BCUT2D eigenvalue weighted by atomic mass is 35.5. The van der Waals surface area contributed by atoms with Crippen molar-refractivity contribution in [2.45, 2.75) is 26.4 Å². The van der Waals surface area contributed by atoms with Gasteiger partial charge in [-0.25, -0.2) is 19.0 Å². The lowest BCUT2D eigenvalue weighted by atomic mass is 10.2. The highest BCUT2D eigenvalue weighted by molar-refractivity contribution is 7.22. The number of carbonyl (C=O) groups excluding carboxylic acids is 3. The molecule has 2 aromatic carbocycles. The highest BCUT2D eigenvalue weighted by Crippen LogP contribution is 2.30. The third-order valence-electron chi connectivity index (χ3n) is 5.38. The van der Waals surface area contributed by atoms with E-state index in [9.17, 15) is 18.8 Å². The molecule has 202 valence electrons. The number of halogens is 2. The molecule has 1 aliphatic heterocycles. The molecule has 0 radical (unpaired) electrons. The van der Waals surface area contributed by atoms with Crippen LogP contribution in [0.3, 0.4) is 0 Å². The molecule has 4 amide bonds. The van der Waals surface area contributed by atoms with Gasteiger partial charge in [0.2, 0.25) is 5.91 Å². The van der Waals surface area contributed by atoms with E-state index >= 15 is 0 Å². The van der Waals surface area contributed by atoms with Gasteiger partial charge in [-0.05, 0) is 57.2 Å². The van der Waals surface area contributed by atoms with Gasteiger partial charge in [-0.3, -0.25) is 15.0 Å². The van der Waals surface area contributed by atoms with E-state index in [1.54, 1.807) is 43.9 Å². The highest BCUT2D eigenvalue weighted by Gasteiger charge is 2.23. The van der Waals surface area contributed by atoms with E-state index in [2.05, 4.69) is 15.6 Å². The van der Waals surface area contributed by atoms with Gasteiger partial charge >= 0.3 is 12.1 Å². The predicted octanol–water partition coefficient (Wildman–Crippen LogP) is 5.33. The second kappa shape index (κ2) is 11.5. The van der Waals surface area contributed by atoms with Gasteiger partial charge in [-0.15, -0.1) is 0 Å². The van der Waals surface area contributed by atoms with E-state index < -0.39 is 23.5 Å². The van der Waals surface area contributed by atoms with Crippen LogP contribution in [0.5, 0.6) is 0 Å². The third-order valence-corrected chi connectivity index (χ3v) is 6.64. The molecule has 0 unspecified atom stereocenters. The van der Waals surface area contributed by atoms with E-state index in [0.717, 1.165) is 10.8 Å². The molecular formula is C25H27ClFN5O5S. The molecule has 38 heavy (non-hydrogen) atoms. The summed E-state index contributed by atoms with van der Waals surface area (Å²) in [6.45, 7) is 6.55. The number of hydrogen-bond acceptors (Lipinski definition) is 7. The topological polar surface area (TPSA) is 113 Å². The van der Waals surface area contributed by atoms with Crippen molar-refractivity contribution in [1.29, 1.82) is 0 Å². The lowest BCUT2D eigenvalue weighted by Gasteiger charge is -2.30. The van der Waals surface area contributed by atoms with Gasteiger partial charge < -0.3 is 19.7 Å². The molecular weight excluding hydrogens is 537 g/mol. The second-order valence-corrected chi connectivity index (χ2v) is 10.9. The summed E-state index contributed by atoms with van der Waals surface area (Å²) in [6, 6.07) is 8.66. The fourth-order valence-electron chi connectivity index (χ4n) is 3.65. The SMILES string of the molecule is CC(C)(C)OC(=O)Nc1nc2cc(N(CCN3CCOCC3=O)C(=O)Nc3ccc(Cl)c(F)c3)ccc2s1. The van der Waals surface area contributed by atoms with E-state index in [4.69, 9.17) is 21.1 Å². The minimum atomic E-state index is -0.663. The van der Waals surface area contributed by atoms with Crippen LogP contribution in [0.25, 0.3) is 10.2 Å². The van der Waals surface area contributed by atoms with Gasteiger partial charge in [0.05, 0.1) is 21.8 Å². The van der Waals surface area contributed by atoms with Crippen LogP contribution in [0.2, 0.25) is 5.02 Å². The minimum Gasteiger partial charge on any atom is -0.444 e. The maximum absolute atomic E-state index is 13.9. The average Bonchev–Trinajstić information content (AvgIpc) is 3.23. The number of urea groups is 1. The number of benzene rings is 2. The number of hydrogen-bond donors (Lipinski definition) is 2. The lowest BCUT2D eigenvalue weighted by Crippen LogP contribution is -2.47. The summed E-state index contributed by atoms with van der Waals surface area (Å²) in [7, 11) is 0. The monoisotopic (exact) mass is 563 g/mol. The Labute approximate surface area is 227 Å². The summed E-state index contributed by atoms with van der Waals surface area (Å²) >= 11 is 7.02. The van der Waals surface area contributed by atoms with Crippen molar-refractivity contribution in [3.63, 3.8) is 0 Å². The summed E-state index contributed by atoms with van der Waals surface area (Å²) in [6.07, 6.45) is -0.622. The van der Waals surface area contributed by atoms with Gasteiger partial charge in [0.25, 0.3) is 0 Å². The van der Waals surface area contributed by atoms with E-state index in [1.165, 1.54) is 28.4 Å². The summed E-state index contributed by atoms with van der Waals surface area (Å²) in [5.41, 5.74) is 0.620. The number of anilines is 3. The molecule has 1 aromatic heterocycles. The number of ether oxygens (including phenoxy) is 2. The summed E-state index contributed by atoms with van der Waals surface area (Å²) in [5, 5.41) is 5.59. The predicted molar refractivity (Wildman–Crippen MR) is 145 cm³/mol. The first kappa shape index (κ1) is 27.6. The Balaban J connectivity index is 1.57. The molecule has 4 rings (SSSR count). The molecule has 0 spiro atoms. The van der Waals surface area contributed by atoms with Crippen LogP contribution >= 0.6 is 22.9 Å². The number of aromatic nitrogens is 1. The number of morpholine rings is 1. The molecule has 2 N–H and O–H groups in total. The average molecular weight is 564 g/mol. The third kappa shape index (κ3) is 7.09. The Morgan fingerprint density at radius 1 is 1.24 bits per heavy atom. The number of thiazole rings is 1. The number of fused-ring (bicyclic) bond motifs is 1. The molecule has 1 saturated heterocycles.